The smallest absolute Gasteiger partial charge is 0.123 e. The van der Waals surface area contributed by atoms with Gasteiger partial charge in [-0.1, -0.05) is 28.8 Å². The summed E-state index contributed by atoms with van der Waals surface area (Å²) in [5, 5.41) is 0. The molecule has 1 aliphatic carbocycles. The quantitative estimate of drug-likeness (QED) is 0.695. The zero-order valence-electron chi connectivity index (χ0n) is 9.11. The first kappa shape index (κ1) is 12.4. The highest BCUT2D eigenvalue weighted by atomic mass is 79.9. The summed E-state index contributed by atoms with van der Waals surface area (Å²) < 4.78 is 14.2. The van der Waals surface area contributed by atoms with Crippen molar-refractivity contribution < 1.29 is 4.39 Å². The minimum absolute atomic E-state index is 0.166. The fourth-order valence-corrected chi connectivity index (χ4v) is 3.31. The number of alkyl halides is 1. The van der Waals surface area contributed by atoms with Crippen LogP contribution < -0.4 is 0 Å². The Morgan fingerprint density at radius 3 is 2.62 bits per heavy atom. The maximum absolute atomic E-state index is 13.2. The van der Waals surface area contributed by atoms with Gasteiger partial charge in [0.2, 0.25) is 0 Å². The van der Waals surface area contributed by atoms with Crippen LogP contribution in [0.3, 0.4) is 0 Å². The molecule has 0 amide bonds. The summed E-state index contributed by atoms with van der Waals surface area (Å²) in [6, 6.07) is 4.88. The summed E-state index contributed by atoms with van der Waals surface area (Å²) >= 11 is 9.58. The van der Waals surface area contributed by atoms with E-state index in [-0.39, 0.29) is 11.2 Å². The third kappa shape index (κ3) is 2.60. The van der Waals surface area contributed by atoms with Gasteiger partial charge in [0.25, 0.3) is 0 Å². The van der Waals surface area contributed by atoms with E-state index in [0.29, 0.717) is 5.88 Å². The standard InChI is InChI=1S/C13H15BrClF/c14-12-4-3-11(16)7-10(12)8-13(9-15)5-1-2-6-13/h3-4,7H,1-2,5-6,8-9H2. The van der Waals surface area contributed by atoms with Crippen LogP contribution in [0, 0.1) is 11.2 Å². The Kier molecular flexibility index (Phi) is 3.91. The van der Waals surface area contributed by atoms with Crippen molar-refractivity contribution in [1.29, 1.82) is 0 Å². The predicted octanol–water partition coefficient (Wildman–Crippen LogP) is 4.93. The summed E-state index contributed by atoms with van der Waals surface area (Å²) in [4.78, 5) is 0. The largest absolute Gasteiger partial charge is 0.207 e. The third-order valence-corrected chi connectivity index (χ3v) is 4.86. The summed E-state index contributed by atoms with van der Waals surface area (Å²) in [5.41, 5.74) is 1.24. The minimum atomic E-state index is -0.166. The lowest BCUT2D eigenvalue weighted by Crippen LogP contribution is -2.22. The van der Waals surface area contributed by atoms with Gasteiger partial charge in [-0.3, -0.25) is 0 Å². The van der Waals surface area contributed by atoms with Crippen LogP contribution in [-0.4, -0.2) is 5.88 Å². The Morgan fingerprint density at radius 1 is 1.31 bits per heavy atom. The van der Waals surface area contributed by atoms with E-state index in [1.807, 2.05) is 0 Å². The van der Waals surface area contributed by atoms with E-state index >= 15 is 0 Å². The molecule has 1 fully saturated rings. The van der Waals surface area contributed by atoms with Crippen LogP contribution in [-0.2, 0) is 6.42 Å². The SMILES string of the molecule is Fc1ccc(Br)c(CC2(CCl)CCCC2)c1. The van der Waals surface area contributed by atoms with Crippen molar-refractivity contribution in [3.05, 3.63) is 34.1 Å². The molecule has 1 aliphatic rings. The van der Waals surface area contributed by atoms with Crippen LogP contribution in [0.25, 0.3) is 0 Å². The Bertz CT molecular complexity index is 372. The van der Waals surface area contributed by atoms with Gasteiger partial charge in [-0.2, -0.15) is 0 Å². The van der Waals surface area contributed by atoms with Gasteiger partial charge in [0.1, 0.15) is 5.82 Å². The van der Waals surface area contributed by atoms with E-state index in [4.69, 9.17) is 11.6 Å². The molecule has 16 heavy (non-hydrogen) atoms. The van der Waals surface area contributed by atoms with Gasteiger partial charge in [0, 0.05) is 10.4 Å². The van der Waals surface area contributed by atoms with Gasteiger partial charge >= 0.3 is 0 Å². The third-order valence-electron chi connectivity index (χ3n) is 3.52. The van der Waals surface area contributed by atoms with Gasteiger partial charge < -0.3 is 0 Å². The maximum Gasteiger partial charge on any atom is 0.123 e. The average Bonchev–Trinajstić information content (AvgIpc) is 2.73. The highest BCUT2D eigenvalue weighted by Crippen LogP contribution is 2.42. The van der Waals surface area contributed by atoms with Crippen molar-refractivity contribution in [2.75, 3.05) is 5.88 Å². The first-order chi connectivity index (χ1) is 7.65. The molecule has 1 aromatic rings. The van der Waals surface area contributed by atoms with Crippen molar-refractivity contribution in [3.8, 4) is 0 Å². The molecule has 0 bridgehead atoms. The molecule has 0 spiro atoms. The van der Waals surface area contributed by atoms with E-state index in [2.05, 4.69) is 15.9 Å². The van der Waals surface area contributed by atoms with Gasteiger partial charge in [0.05, 0.1) is 0 Å². The molecule has 0 saturated heterocycles. The monoisotopic (exact) mass is 304 g/mol. The molecule has 0 unspecified atom stereocenters. The first-order valence-corrected chi connectivity index (χ1v) is 6.98. The molecule has 3 heteroatoms. The fourth-order valence-electron chi connectivity index (χ4n) is 2.57. The van der Waals surface area contributed by atoms with Crippen LogP contribution in [0.4, 0.5) is 4.39 Å². The van der Waals surface area contributed by atoms with Crippen molar-refractivity contribution in [1.82, 2.24) is 0 Å². The molecule has 0 N–H and O–H groups in total. The van der Waals surface area contributed by atoms with Gasteiger partial charge in [-0.05, 0) is 48.4 Å². The van der Waals surface area contributed by atoms with E-state index in [9.17, 15) is 4.39 Å². The molecule has 0 nitrogen and oxygen atoms in total. The molecule has 0 atom stereocenters. The van der Waals surface area contributed by atoms with Gasteiger partial charge in [-0.25, -0.2) is 4.39 Å². The number of hydrogen-bond donors (Lipinski definition) is 0. The normalized spacial score (nSPS) is 18.9. The molecule has 1 saturated carbocycles. The van der Waals surface area contributed by atoms with E-state index in [1.54, 1.807) is 12.1 Å². The lowest BCUT2D eigenvalue weighted by Gasteiger charge is -2.26. The summed E-state index contributed by atoms with van der Waals surface area (Å²) in [6.45, 7) is 0. The zero-order chi connectivity index (χ0) is 11.6. The van der Waals surface area contributed by atoms with E-state index in [0.717, 1.165) is 16.5 Å². The Balaban J connectivity index is 2.21. The van der Waals surface area contributed by atoms with E-state index < -0.39 is 0 Å². The van der Waals surface area contributed by atoms with Crippen molar-refractivity contribution in [3.63, 3.8) is 0 Å². The Labute approximate surface area is 109 Å². The zero-order valence-corrected chi connectivity index (χ0v) is 11.5. The lowest BCUT2D eigenvalue weighted by atomic mass is 9.82. The van der Waals surface area contributed by atoms with Crippen molar-refractivity contribution in [2.45, 2.75) is 32.1 Å². The van der Waals surface area contributed by atoms with Gasteiger partial charge in [-0.15, -0.1) is 11.6 Å². The van der Waals surface area contributed by atoms with Crippen molar-refractivity contribution >= 4 is 27.5 Å². The predicted molar refractivity (Wildman–Crippen MR) is 69.4 cm³/mol. The van der Waals surface area contributed by atoms with Crippen LogP contribution in [0.2, 0.25) is 0 Å². The number of benzene rings is 1. The number of hydrogen-bond acceptors (Lipinski definition) is 0. The van der Waals surface area contributed by atoms with Crippen LogP contribution in [0.15, 0.2) is 22.7 Å². The molecule has 0 heterocycles. The molecular weight excluding hydrogens is 290 g/mol. The maximum atomic E-state index is 13.2. The molecule has 2 rings (SSSR count). The molecule has 0 aliphatic heterocycles. The van der Waals surface area contributed by atoms with Crippen LogP contribution in [0.1, 0.15) is 31.2 Å². The summed E-state index contributed by atoms with van der Waals surface area (Å²) in [6.07, 6.45) is 5.72. The Hall–Kier alpha value is -0.0800. The second kappa shape index (κ2) is 5.05. The first-order valence-electron chi connectivity index (χ1n) is 5.65. The van der Waals surface area contributed by atoms with E-state index in [1.165, 1.54) is 31.7 Å². The highest BCUT2D eigenvalue weighted by Gasteiger charge is 2.33. The molecule has 0 radical (unpaired) electrons. The topological polar surface area (TPSA) is 0 Å². The van der Waals surface area contributed by atoms with Gasteiger partial charge in [0.15, 0.2) is 0 Å². The fraction of sp³-hybridized carbons (Fsp3) is 0.538. The Morgan fingerprint density at radius 2 is 2.00 bits per heavy atom. The van der Waals surface area contributed by atoms with Crippen molar-refractivity contribution in [2.24, 2.45) is 5.41 Å². The summed E-state index contributed by atoms with van der Waals surface area (Å²) in [5.74, 6) is 0.511. The lowest BCUT2D eigenvalue weighted by molar-refractivity contribution is 0.340. The molecular formula is C13H15BrClF. The number of halogens is 3. The number of rotatable bonds is 3. The molecule has 88 valence electrons. The second-order valence-electron chi connectivity index (χ2n) is 4.75. The summed E-state index contributed by atoms with van der Waals surface area (Å²) in [7, 11) is 0. The highest BCUT2D eigenvalue weighted by molar-refractivity contribution is 9.10. The van der Waals surface area contributed by atoms with Crippen LogP contribution in [0.5, 0.6) is 0 Å². The average molecular weight is 306 g/mol. The second-order valence-corrected chi connectivity index (χ2v) is 5.87. The molecule has 1 aromatic carbocycles. The van der Waals surface area contributed by atoms with Crippen LogP contribution >= 0.6 is 27.5 Å². The molecule has 0 aromatic heterocycles. The minimum Gasteiger partial charge on any atom is -0.207 e.